The molecule has 0 saturated carbocycles. The van der Waals surface area contributed by atoms with Crippen LogP contribution < -0.4 is 10.5 Å². The zero-order chi connectivity index (χ0) is 23.7. The number of hydrogen-bond donors (Lipinski definition) is 1. The summed E-state index contributed by atoms with van der Waals surface area (Å²) < 4.78 is 75.5. The highest BCUT2D eigenvalue weighted by molar-refractivity contribution is 5.81. The van der Waals surface area contributed by atoms with Crippen LogP contribution >= 0.6 is 0 Å². The molecule has 33 heavy (non-hydrogen) atoms. The number of anilines is 1. The van der Waals surface area contributed by atoms with Crippen molar-refractivity contribution in [1.29, 1.82) is 5.26 Å². The van der Waals surface area contributed by atoms with E-state index in [1.54, 1.807) is 54.6 Å². The zero-order valence-corrected chi connectivity index (χ0v) is 16.5. The molecule has 0 spiro atoms. The monoisotopic (exact) mass is 453 g/mol. The maximum absolute atomic E-state index is 14.4. The van der Waals surface area contributed by atoms with E-state index >= 15 is 0 Å². The smallest absolute Gasteiger partial charge is 0.200 e. The van der Waals surface area contributed by atoms with Crippen LogP contribution in [0.2, 0.25) is 0 Å². The molecule has 0 unspecified atom stereocenters. The third-order valence-electron chi connectivity index (χ3n) is 4.77. The molecule has 1 heterocycles. The van der Waals surface area contributed by atoms with Crippen LogP contribution in [0.5, 0.6) is 11.5 Å². The predicted molar refractivity (Wildman–Crippen MR) is 111 cm³/mol. The maximum Gasteiger partial charge on any atom is 0.200 e. The van der Waals surface area contributed by atoms with Gasteiger partial charge in [-0.15, -0.1) is 0 Å². The number of halogens is 5. The molecule has 4 aromatic rings. The minimum absolute atomic E-state index is 0.0525. The van der Waals surface area contributed by atoms with Gasteiger partial charge in [0.2, 0.25) is 5.82 Å². The Hall–Kier alpha value is -4.45. The number of aromatic nitrogens is 1. The largest absolute Gasteiger partial charge is 0.457 e. The van der Waals surface area contributed by atoms with Crippen molar-refractivity contribution in [2.24, 2.45) is 0 Å². The van der Waals surface area contributed by atoms with Gasteiger partial charge < -0.3 is 10.5 Å². The highest BCUT2D eigenvalue weighted by atomic mass is 19.2. The molecule has 0 saturated heterocycles. The molecule has 164 valence electrons. The maximum atomic E-state index is 14.4. The molecule has 0 aliphatic carbocycles. The summed E-state index contributed by atoms with van der Waals surface area (Å²) in [5.41, 5.74) is 3.88. The standard InChI is InChI=1S/C24H12F5N3O/c25-19-18(20(26)22(28)23(29)21(19)27)15-10-17(32-24(31)16(15)11-30)12-6-8-14(9-7-12)33-13-4-2-1-3-5-13/h1-10H,(H2,31,32). The molecule has 0 amide bonds. The molecule has 0 aliphatic heterocycles. The summed E-state index contributed by atoms with van der Waals surface area (Å²) in [5, 5.41) is 9.38. The summed E-state index contributed by atoms with van der Waals surface area (Å²) in [5.74, 6) is -10.1. The first-order valence-electron chi connectivity index (χ1n) is 9.37. The molecule has 4 rings (SSSR count). The van der Waals surface area contributed by atoms with Crippen LogP contribution in [0.15, 0.2) is 60.7 Å². The lowest BCUT2D eigenvalue weighted by atomic mass is 9.97. The Kier molecular flexibility index (Phi) is 5.67. The lowest BCUT2D eigenvalue weighted by Gasteiger charge is -2.13. The highest BCUT2D eigenvalue weighted by Crippen LogP contribution is 2.37. The minimum atomic E-state index is -2.30. The van der Waals surface area contributed by atoms with E-state index < -0.39 is 51.6 Å². The van der Waals surface area contributed by atoms with Crippen LogP contribution in [0.3, 0.4) is 0 Å². The second-order valence-electron chi connectivity index (χ2n) is 6.81. The van der Waals surface area contributed by atoms with E-state index in [-0.39, 0.29) is 5.69 Å². The lowest BCUT2D eigenvalue weighted by molar-refractivity contribution is 0.381. The van der Waals surface area contributed by atoms with Gasteiger partial charge in [-0.1, -0.05) is 18.2 Å². The van der Waals surface area contributed by atoms with Crippen molar-refractivity contribution in [3.8, 4) is 40.0 Å². The number of nitriles is 1. The fraction of sp³-hybridized carbons (Fsp3) is 0. The Bertz CT molecular complexity index is 1370. The van der Waals surface area contributed by atoms with Crippen molar-refractivity contribution in [3.05, 3.63) is 95.3 Å². The average Bonchev–Trinajstić information content (AvgIpc) is 2.82. The Morgan fingerprint density at radius 2 is 1.30 bits per heavy atom. The number of hydrogen-bond acceptors (Lipinski definition) is 4. The first-order valence-corrected chi connectivity index (χ1v) is 9.37. The van der Waals surface area contributed by atoms with Crippen molar-refractivity contribution in [2.75, 3.05) is 5.73 Å². The summed E-state index contributed by atoms with van der Waals surface area (Å²) >= 11 is 0. The van der Waals surface area contributed by atoms with Crippen LogP contribution in [-0.2, 0) is 0 Å². The van der Waals surface area contributed by atoms with Gasteiger partial charge in [-0.2, -0.15) is 5.26 Å². The molecule has 0 bridgehead atoms. The van der Waals surface area contributed by atoms with Crippen LogP contribution in [-0.4, -0.2) is 4.98 Å². The molecule has 0 fully saturated rings. The van der Waals surface area contributed by atoms with Crippen LogP contribution in [0.25, 0.3) is 22.4 Å². The van der Waals surface area contributed by atoms with Crippen molar-refractivity contribution < 1.29 is 26.7 Å². The first kappa shape index (κ1) is 21.8. The summed E-state index contributed by atoms with van der Waals surface area (Å²) in [4.78, 5) is 4.04. The number of para-hydroxylation sites is 1. The molecular weight excluding hydrogens is 441 g/mol. The average molecular weight is 453 g/mol. The number of nitrogens with zero attached hydrogens (tertiary/aromatic N) is 2. The molecule has 3 aromatic carbocycles. The van der Waals surface area contributed by atoms with E-state index in [2.05, 4.69) is 4.98 Å². The number of nitrogen functional groups attached to an aromatic ring is 1. The van der Waals surface area contributed by atoms with Crippen molar-refractivity contribution in [2.45, 2.75) is 0 Å². The quantitative estimate of drug-likeness (QED) is 0.222. The third kappa shape index (κ3) is 3.94. The van der Waals surface area contributed by atoms with Crippen molar-refractivity contribution >= 4 is 5.82 Å². The summed E-state index contributed by atoms with van der Waals surface area (Å²) in [7, 11) is 0. The second kappa shape index (κ2) is 8.59. The van der Waals surface area contributed by atoms with Crippen molar-refractivity contribution in [1.82, 2.24) is 4.98 Å². The van der Waals surface area contributed by atoms with Gasteiger partial charge in [0.05, 0.1) is 11.3 Å². The molecule has 0 aliphatic rings. The number of ether oxygens (including phenoxy) is 1. The van der Waals surface area contributed by atoms with E-state index in [1.807, 2.05) is 6.07 Å². The lowest BCUT2D eigenvalue weighted by Crippen LogP contribution is -2.07. The van der Waals surface area contributed by atoms with Gasteiger partial charge in [0.25, 0.3) is 0 Å². The molecule has 0 atom stereocenters. The Balaban J connectivity index is 1.82. The number of nitrogens with two attached hydrogens (primary N) is 1. The fourth-order valence-corrected chi connectivity index (χ4v) is 3.19. The molecule has 1 aromatic heterocycles. The van der Waals surface area contributed by atoms with Crippen LogP contribution in [0.1, 0.15) is 5.56 Å². The Morgan fingerprint density at radius 1 is 0.758 bits per heavy atom. The van der Waals surface area contributed by atoms with E-state index in [1.165, 1.54) is 0 Å². The highest BCUT2D eigenvalue weighted by Gasteiger charge is 2.29. The SMILES string of the molecule is N#Cc1c(-c2c(F)c(F)c(F)c(F)c2F)cc(-c2ccc(Oc3ccccc3)cc2)nc1N. The number of rotatable bonds is 4. The normalized spacial score (nSPS) is 10.7. The summed E-state index contributed by atoms with van der Waals surface area (Å²) in [6, 6.07) is 17.9. The van der Waals surface area contributed by atoms with Crippen LogP contribution in [0, 0.1) is 40.4 Å². The molecule has 9 heteroatoms. The zero-order valence-electron chi connectivity index (χ0n) is 16.5. The molecule has 2 N–H and O–H groups in total. The Labute approximate surface area is 184 Å². The van der Waals surface area contributed by atoms with Crippen LogP contribution in [0.4, 0.5) is 27.8 Å². The topological polar surface area (TPSA) is 71.9 Å². The molecule has 4 nitrogen and oxygen atoms in total. The summed E-state index contributed by atoms with van der Waals surface area (Å²) in [6.45, 7) is 0. The second-order valence-corrected chi connectivity index (χ2v) is 6.81. The van der Waals surface area contributed by atoms with Gasteiger partial charge in [-0.3, -0.25) is 0 Å². The van der Waals surface area contributed by atoms with E-state index in [9.17, 15) is 27.2 Å². The first-order chi connectivity index (χ1) is 15.8. The molecular formula is C24H12F5N3O. The van der Waals surface area contributed by atoms with Gasteiger partial charge >= 0.3 is 0 Å². The Morgan fingerprint density at radius 3 is 1.88 bits per heavy atom. The van der Waals surface area contributed by atoms with E-state index in [0.717, 1.165) is 6.07 Å². The van der Waals surface area contributed by atoms with E-state index in [0.29, 0.717) is 17.1 Å². The van der Waals surface area contributed by atoms with Crippen molar-refractivity contribution in [3.63, 3.8) is 0 Å². The van der Waals surface area contributed by atoms with Gasteiger partial charge in [0.15, 0.2) is 23.3 Å². The third-order valence-corrected chi connectivity index (χ3v) is 4.77. The van der Waals surface area contributed by atoms with Gasteiger partial charge in [-0.05, 0) is 42.5 Å². The number of pyridine rings is 1. The van der Waals surface area contributed by atoms with Gasteiger partial charge in [-0.25, -0.2) is 26.9 Å². The minimum Gasteiger partial charge on any atom is -0.457 e. The van der Waals surface area contributed by atoms with Gasteiger partial charge in [0.1, 0.15) is 28.9 Å². The van der Waals surface area contributed by atoms with E-state index in [4.69, 9.17) is 10.5 Å². The predicted octanol–water partition coefficient (Wildman–Crippen LogP) is 6.36. The van der Waals surface area contributed by atoms with Gasteiger partial charge in [0, 0.05) is 11.1 Å². The molecule has 0 radical (unpaired) electrons. The number of benzene rings is 3. The fourth-order valence-electron chi connectivity index (χ4n) is 3.19. The summed E-state index contributed by atoms with van der Waals surface area (Å²) in [6.07, 6.45) is 0.